The molecule has 20 heavy (non-hydrogen) atoms. The molecular weight excluding hydrogens is 256 g/mol. The molecule has 3 rings (SSSR count). The zero-order chi connectivity index (χ0) is 14.3. The van der Waals surface area contributed by atoms with Crippen molar-refractivity contribution in [1.82, 2.24) is 4.57 Å². The van der Waals surface area contributed by atoms with Gasteiger partial charge in [0, 0.05) is 24.8 Å². The van der Waals surface area contributed by atoms with Crippen LogP contribution in [0.1, 0.15) is 25.3 Å². The number of hydrogen-bond acceptors (Lipinski definition) is 3. The first-order valence-electron chi connectivity index (χ1n) is 6.49. The fourth-order valence-corrected chi connectivity index (χ4v) is 2.51. The zero-order valence-corrected chi connectivity index (χ0v) is 11.3. The first kappa shape index (κ1) is 12.6. The molecule has 5 heteroatoms. The lowest BCUT2D eigenvalue weighted by molar-refractivity contribution is -0.113. The van der Waals surface area contributed by atoms with Crippen molar-refractivity contribution >= 4 is 23.2 Å². The van der Waals surface area contributed by atoms with Gasteiger partial charge in [0.2, 0.25) is 0 Å². The van der Waals surface area contributed by atoms with Crippen LogP contribution in [-0.2, 0) is 11.3 Å². The molecular formula is C15H14N2O3. The van der Waals surface area contributed by atoms with Gasteiger partial charge in [-0.1, -0.05) is 11.6 Å². The molecule has 1 aliphatic heterocycles. The monoisotopic (exact) mass is 270 g/mol. The van der Waals surface area contributed by atoms with E-state index in [0.717, 1.165) is 16.7 Å². The molecule has 1 aromatic carbocycles. The average molecular weight is 270 g/mol. The van der Waals surface area contributed by atoms with Gasteiger partial charge < -0.3 is 4.42 Å². The molecule has 2 aromatic rings. The van der Waals surface area contributed by atoms with Crippen LogP contribution in [0.5, 0.6) is 0 Å². The van der Waals surface area contributed by atoms with E-state index in [9.17, 15) is 9.59 Å². The van der Waals surface area contributed by atoms with Crippen molar-refractivity contribution in [2.24, 2.45) is 4.99 Å². The van der Waals surface area contributed by atoms with E-state index in [0.29, 0.717) is 12.1 Å². The van der Waals surface area contributed by atoms with Gasteiger partial charge in [0.1, 0.15) is 0 Å². The molecule has 1 unspecified atom stereocenters. The first-order valence-corrected chi connectivity index (χ1v) is 6.49. The highest BCUT2D eigenvalue weighted by atomic mass is 16.4. The second kappa shape index (κ2) is 4.59. The molecule has 2 heterocycles. The Morgan fingerprint density at radius 3 is 2.85 bits per heavy atom. The molecule has 1 aliphatic rings. The van der Waals surface area contributed by atoms with Crippen molar-refractivity contribution in [3.63, 3.8) is 0 Å². The molecule has 0 fully saturated rings. The smallest absolute Gasteiger partial charge is 0.408 e. The number of oxazole rings is 1. The summed E-state index contributed by atoms with van der Waals surface area (Å²) in [7, 11) is 0. The number of rotatable bonds is 2. The molecule has 102 valence electrons. The number of aryl methyl sites for hydroxylation is 1. The van der Waals surface area contributed by atoms with Gasteiger partial charge in [-0.3, -0.25) is 9.36 Å². The molecule has 0 N–H and O–H groups in total. The van der Waals surface area contributed by atoms with E-state index in [1.165, 1.54) is 6.08 Å². The van der Waals surface area contributed by atoms with Gasteiger partial charge in [0.15, 0.2) is 5.58 Å². The van der Waals surface area contributed by atoms with Crippen LogP contribution in [-0.4, -0.2) is 16.7 Å². The summed E-state index contributed by atoms with van der Waals surface area (Å²) < 4.78 is 6.77. The molecule has 0 spiro atoms. The van der Waals surface area contributed by atoms with Crippen LogP contribution in [0.4, 0.5) is 0 Å². The van der Waals surface area contributed by atoms with E-state index in [1.807, 2.05) is 26.0 Å². The minimum absolute atomic E-state index is 0.0348. The van der Waals surface area contributed by atoms with Crippen molar-refractivity contribution < 1.29 is 9.21 Å². The van der Waals surface area contributed by atoms with Gasteiger partial charge in [-0.25, -0.2) is 9.79 Å². The number of carbonyl (C=O) groups excluding carboxylic acids is 1. The number of benzene rings is 1. The third kappa shape index (κ3) is 1.91. The SMILES string of the molecule is CCn1c(=O)oc2ccc(C3C=NC(=O)C=C3C)cc21. The van der Waals surface area contributed by atoms with Crippen LogP contribution in [0.3, 0.4) is 0 Å². The second-order valence-corrected chi connectivity index (χ2v) is 4.82. The highest BCUT2D eigenvalue weighted by Gasteiger charge is 2.18. The summed E-state index contributed by atoms with van der Waals surface area (Å²) in [5.41, 5.74) is 3.28. The molecule has 1 aromatic heterocycles. The van der Waals surface area contributed by atoms with E-state index in [4.69, 9.17) is 4.42 Å². The maximum absolute atomic E-state index is 11.7. The third-order valence-corrected chi connectivity index (χ3v) is 3.56. The van der Waals surface area contributed by atoms with E-state index in [1.54, 1.807) is 16.8 Å². The fourth-order valence-electron chi connectivity index (χ4n) is 2.51. The number of nitrogens with zero attached hydrogens (tertiary/aromatic N) is 2. The summed E-state index contributed by atoms with van der Waals surface area (Å²) in [6, 6.07) is 5.61. The Kier molecular flexibility index (Phi) is 2.89. The van der Waals surface area contributed by atoms with Crippen molar-refractivity contribution in [2.45, 2.75) is 26.3 Å². The molecule has 1 amide bonds. The van der Waals surface area contributed by atoms with Crippen LogP contribution >= 0.6 is 0 Å². The maximum Gasteiger partial charge on any atom is 0.419 e. The van der Waals surface area contributed by atoms with Crippen LogP contribution in [0.2, 0.25) is 0 Å². The van der Waals surface area contributed by atoms with E-state index in [-0.39, 0.29) is 17.6 Å². The average Bonchev–Trinajstić information content (AvgIpc) is 2.73. The largest absolute Gasteiger partial charge is 0.419 e. The van der Waals surface area contributed by atoms with Gasteiger partial charge in [-0.2, -0.15) is 0 Å². The van der Waals surface area contributed by atoms with Crippen molar-refractivity contribution in [1.29, 1.82) is 0 Å². The Hall–Kier alpha value is -2.43. The van der Waals surface area contributed by atoms with Crippen LogP contribution in [0, 0.1) is 0 Å². The summed E-state index contributed by atoms with van der Waals surface area (Å²) in [5, 5.41) is 0. The lowest BCUT2D eigenvalue weighted by atomic mass is 9.91. The number of dihydropyridines is 1. The number of aromatic nitrogens is 1. The molecule has 0 aliphatic carbocycles. The van der Waals surface area contributed by atoms with Crippen molar-refractivity contribution in [3.8, 4) is 0 Å². The van der Waals surface area contributed by atoms with E-state index in [2.05, 4.69) is 4.99 Å². The number of hydrogen-bond donors (Lipinski definition) is 0. The molecule has 0 saturated heterocycles. The Labute approximate surface area is 115 Å². The highest BCUT2D eigenvalue weighted by molar-refractivity contribution is 5.99. The number of allylic oxidation sites excluding steroid dienone is 1. The standard InChI is InChI=1S/C15H14N2O3/c1-3-17-12-7-10(4-5-13(12)20-15(17)19)11-8-16-14(18)6-9(11)2/h4-8,11H,3H2,1-2H3. The van der Waals surface area contributed by atoms with Crippen molar-refractivity contribution in [3.05, 3.63) is 46.0 Å². The molecule has 5 nitrogen and oxygen atoms in total. The lowest BCUT2D eigenvalue weighted by Crippen LogP contribution is -2.13. The first-order chi connectivity index (χ1) is 9.60. The minimum Gasteiger partial charge on any atom is -0.408 e. The minimum atomic E-state index is -0.348. The van der Waals surface area contributed by atoms with Gasteiger partial charge in [-0.15, -0.1) is 0 Å². The molecule has 0 radical (unpaired) electrons. The Balaban J connectivity index is 2.14. The number of fused-ring (bicyclic) bond motifs is 1. The summed E-state index contributed by atoms with van der Waals surface area (Å²) >= 11 is 0. The molecule has 1 atom stereocenters. The Bertz CT molecular complexity index is 808. The topological polar surface area (TPSA) is 64.6 Å². The second-order valence-electron chi connectivity index (χ2n) is 4.82. The third-order valence-electron chi connectivity index (χ3n) is 3.56. The lowest BCUT2D eigenvalue weighted by Gasteiger charge is -2.16. The summed E-state index contributed by atoms with van der Waals surface area (Å²) in [4.78, 5) is 26.7. The quantitative estimate of drug-likeness (QED) is 0.840. The van der Waals surface area contributed by atoms with Gasteiger partial charge in [0.05, 0.1) is 5.52 Å². The predicted octanol–water partition coefficient (Wildman–Crippen LogP) is 2.26. The Morgan fingerprint density at radius 1 is 1.35 bits per heavy atom. The van der Waals surface area contributed by atoms with Crippen LogP contribution in [0.25, 0.3) is 11.1 Å². The molecule has 0 saturated carbocycles. The summed E-state index contributed by atoms with van der Waals surface area (Å²) in [6.45, 7) is 4.36. The molecule has 0 bridgehead atoms. The summed E-state index contributed by atoms with van der Waals surface area (Å²) in [5.74, 6) is -0.611. The van der Waals surface area contributed by atoms with Gasteiger partial charge >= 0.3 is 5.76 Å². The maximum atomic E-state index is 11.7. The van der Waals surface area contributed by atoms with E-state index >= 15 is 0 Å². The van der Waals surface area contributed by atoms with Gasteiger partial charge in [-0.05, 0) is 31.5 Å². The van der Waals surface area contributed by atoms with E-state index < -0.39 is 0 Å². The summed E-state index contributed by atoms with van der Waals surface area (Å²) in [6.07, 6.45) is 3.18. The fraction of sp³-hybridized carbons (Fsp3) is 0.267. The normalized spacial score (nSPS) is 18.6. The van der Waals surface area contributed by atoms with Crippen molar-refractivity contribution in [2.75, 3.05) is 0 Å². The number of amides is 1. The van der Waals surface area contributed by atoms with Gasteiger partial charge in [0.25, 0.3) is 5.91 Å². The van der Waals surface area contributed by atoms with Crippen LogP contribution < -0.4 is 5.76 Å². The Morgan fingerprint density at radius 2 is 2.15 bits per heavy atom. The number of aliphatic imine (C=N–C) groups is 1. The zero-order valence-electron chi connectivity index (χ0n) is 11.3. The van der Waals surface area contributed by atoms with Crippen LogP contribution in [0.15, 0.2) is 44.1 Å². The highest BCUT2D eigenvalue weighted by Crippen LogP contribution is 2.27. The predicted molar refractivity (Wildman–Crippen MR) is 76.1 cm³/mol. The number of carbonyl (C=O) groups is 1.